The Hall–Kier alpha value is -3.18. The maximum absolute atomic E-state index is 12.7. The number of benzene rings is 2. The first-order valence-corrected chi connectivity index (χ1v) is 8.90. The van der Waals surface area contributed by atoms with E-state index in [0.717, 1.165) is 27.5 Å². The molecule has 5 nitrogen and oxygen atoms in total. The second kappa shape index (κ2) is 5.66. The topological polar surface area (TPSA) is 60.9 Å². The highest BCUT2D eigenvalue weighted by Crippen LogP contribution is 2.34. The number of aryl methyl sites for hydroxylation is 2. The van der Waals surface area contributed by atoms with Gasteiger partial charge < -0.3 is 4.42 Å². The Labute approximate surface area is 158 Å². The monoisotopic (exact) mass is 375 g/mol. The molecule has 3 heterocycles. The third kappa shape index (κ3) is 2.28. The minimum Gasteiger partial charge on any atom is -0.422 e. The molecule has 27 heavy (non-hydrogen) atoms. The van der Waals surface area contributed by atoms with Gasteiger partial charge in [-0.2, -0.15) is 5.10 Å². The molecule has 0 aliphatic carbocycles. The molecule has 0 amide bonds. The van der Waals surface area contributed by atoms with E-state index in [2.05, 4.69) is 0 Å². The van der Waals surface area contributed by atoms with Gasteiger partial charge in [0.25, 0.3) is 0 Å². The van der Waals surface area contributed by atoms with Crippen LogP contribution in [0.1, 0.15) is 11.4 Å². The van der Waals surface area contributed by atoms with Gasteiger partial charge in [-0.15, -0.1) is 0 Å². The summed E-state index contributed by atoms with van der Waals surface area (Å²) < 4.78 is 7.32. The Kier molecular flexibility index (Phi) is 3.36. The van der Waals surface area contributed by atoms with E-state index < -0.39 is 5.63 Å². The zero-order valence-corrected chi connectivity index (χ0v) is 15.4. The van der Waals surface area contributed by atoms with E-state index in [-0.39, 0.29) is 0 Å². The van der Waals surface area contributed by atoms with E-state index in [1.807, 2.05) is 54.9 Å². The molecule has 0 atom stereocenters. The second-order valence-electron chi connectivity index (χ2n) is 6.51. The summed E-state index contributed by atoms with van der Waals surface area (Å²) in [5.74, 6) is 0. The minimum atomic E-state index is -0.404. The molecule has 5 rings (SSSR count). The highest BCUT2D eigenvalue weighted by Gasteiger charge is 2.20. The van der Waals surface area contributed by atoms with Crippen molar-refractivity contribution in [1.82, 2.24) is 14.8 Å². The average molecular weight is 376 g/mol. The van der Waals surface area contributed by atoms with Crippen molar-refractivity contribution in [3.05, 3.63) is 75.4 Å². The third-order valence-electron chi connectivity index (χ3n) is 4.79. The molecule has 0 saturated carbocycles. The van der Waals surface area contributed by atoms with Gasteiger partial charge in [0.1, 0.15) is 5.58 Å². The van der Waals surface area contributed by atoms with Crippen molar-refractivity contribution in [3.8, 4) is 5.69 Å². The lowest BCUT2D eigenvalue weighted by Crippen LogP contribution is -2.05. The Morgan fingerprint density at radius 1 is 0.963 bits per heavy atom. The van der Waals surface area contributed by atoms with E-state index in [4.69, 9.17) is 26.1 Å². The molecule has 0 unspecified atom stereocenters. The standard InChI is InChI=1S/C21H14ClN3O2/c1-11-18-19(15-10-13(22)8-9-16(15)27-21(18)26)17-12(2)24-25(20(17)23-11)14-6-4-3-5-7-14/h3-10H,1-2H3. The predicted octanol–water partition coefficient (Wildman–Crippen LogP) is 4.95. The summed E-state index contributed by atoms with van der Waals surface area (Å²) in [6, 6.07) is 15.1. The molecular formula is C21H14ClN3O2. The first-order valence-electron chi connectivity index (χ1n) is 8.52. The van der Waals surface area contributed by atoms with Crippen LogP contribution >= 0.6 is 11.6 Å². The van der Waals surface area contributed by atoms with E-state index in [1.54, 1.807) is 12.1 Å². The Balaban J connectivity index is 2.07. The van der Waals surface area contributed by atoms with Crippen LogP contribution in [0.25, 0.3) is 38.5 Å². The maximum Gasteiger partial charge on any atom is 0.346 e. The van der Waals surface area contributed by atoms with Gasteiger partial charge in [0.2, 0.25) is 0 Å². The fourth-order valence-corrected chi connectivity index (χ4v) is 3.81. The van der Waals surface area contributed by atoms with E-state index >= 15 is 0 Å². The molecule has 0 bridgehead atoms. The molecule has 3 aromatic heterocycles. The number of fused-ring (bicyclic) bond motifs is 5. The van der Waals surface area contributed by atoms with Gasteiger partial charge in [0.05, 0.1) is 27.8 Å². The van der Waals surface area contributed by atoms with Gasteiger partial charge in [0.15, 0.2) is 5.65 Å². The fourth-order valence-electron chi connectivity index (χ4n) is 3.64. The summed E-state index contributed by atoms with van der Waals surface area (Å²) >= 11 is 6.23. The van der Waals surface area contributed by atoms with Crippen molar-refractivity contribution in [2.45, 2.75) is 13.8 Å². The lowest BCUT2D eigenvalue weighted by Gasteiger charge is -2.08. The van der Waals surface area contributed by atoms with Crippen LogP contribution in [0.4, 0.5) is 0 Å². The number of rotatable bonds is 1. The molecule has 0 saturated heterocycles. The Bertz CT molecular complexity index is 1420. The van der Waals surface area contributed by atoms with Crippen molar-refractivity contribution >= 4 is 44.4 Å². The molecular weight excluding hydrogens is 362 g/mol. The minimum absolute atomic E-state index is 0.404. The number of nitrogens with zero attached hydrogens (tertiary/aromatic N) is 3. The molecule has 0 fully saturated rings. The zero-order chi connectivity index (χ0) is 18.7. The van der Waals surface area contributed by atoms with Crippen LogP contribution in [0.2, 0.25) is 5.02 Å². The van der Waals surface area contributed by atoms with Crippen LogP contribution in [0.5, 0.6) is 0 Å². The Morgan fingerprint density at radius 3 is 2.52 bits per heavy atom. The lowest BCUT2D eigenvalue weighted by atomic mass is 10.0. The van der Waals surface area contributed by atoms with Crippen LogP contribution in [-0.2, 0) is 0 Å². The van der Waals surface area contributed by atoms with Gasteiger partial charge in [-0.3, -0.25) is 0 Å². The summed E-state index contributed by atoms with van der Waals surface area (Å²) in [5.41, 5.74) is 3.10. The summed E-state index contributed by atoms with van der Waals surface area (Å²) in [6.07, 6.45) is 0. The number of hydrogen-bond donors (Lipinski definition) is 0. The van der Waals surface area contributed by atoms with Crippen LogP contribution in [0, 0.1) is 13.8 Å². The molecule has 0 aliphatic rings. The van der Waals surface area contributed by atoms with Crippen molar-refractivity contribution in [3.63, 3.8) is 0 Å². The van der Waals surface area contributed by atoms with E-state index in [1.165, 1.54) is 0 Å². The van der Waals surface area contributed by atoms with Gasteiger partial charge >= 0.3 is 5.63 Å². The molecule has 0 N–H and O–H groups in total. The Morgan fingerprint density at radius 2 is 1.74 bits per heavy atom. The van der Waals surface area contributed by atoms with E-state index in [9.17, 15) is 4.79 Å². The molecule has 132 valence electrons. The highest BCUT2D eigenvalue weighted by atomic mass is 35.5. The molecule has 0 spiro atoms. The SMILES string of the molecule is Cc1nc2c(c(C)nn2-c2ccccc2)c2c1c(=O)oc1ccc(Cl)cc12. The summed E-state index contributed by atoms with van der Waals surface area (Å²) in [5, 5.41) is 8.14. The number of aromatic nitrogens is 3. The molecule has 0 aliphatic heterocycles. The van der Waals surface area contributed by atoms with Gasteiger partial charge in [-0.05, 0) is 44.2 Å². The normalized spacial score (nSPS) is 11.7. The quantitative estimate of drug-likeness (QED) is 0.307. The first-order chi connectivity index (χ1) is 13.0. The van der Waals surface area contributed by atoms with E-state index in [0.29, 0.717) is 27.3 Å². The van der Waals surface area contributed by atoms with Gasteiger partial charge in [-0.1, -0.05) is 29.8 Å². The van der Waals surface area contributed by atoms with Crippen LogP contribution in [0.3, 0.4) is 0 Å². The van der Waals surface area contributed by atoms with Crippen LogP contribution in [-0.4, -0.2) is 14.8 Å². The van der Waals surface area contributed by atoms with Crippen LogP contribution < -0.4 is 5.63 Å². The molecule has 5 aromatic rings. The van der Waals surface area contributed by atoms with Gasteiger partial charge in [-0.25, -0.2) is 14.5 Å². The second-order valence-corrected chi connectivity index (χ2v) is 6.95. The van der Waals surface area contributed by atoms with Crippen molar-refractivity contribution < 1.29 is 4.42 Å². The van der Waals surface area contributed by atoms with Gasteiger partial charge in [0, 0.05) is 15.8 Å². The lowest BCUT2D eigenvalue weighted by molar-refractivity contribution is 0.569. The zero-order valence-electron chi connectivity index (χ0n) is 14.7. The third-order valence-corrected chi connectivity index (χ3v) is 5.03. The van der Waals surface area contributed by atoms with Crippen molar-refractivity contribution in [2.75, 3.05) is 0 Å². The molecule has 6 heteroatoms. The van der Waals surface area contributed by atoms with Crippen molar-refractivity contribution in [2.24, 2.45) is 0 Å². The summed E-state index contributed by atoms with van der Waals surface area (Å²) in [7, 11) is 0. The predicted molar refractivity (Wildman–Crippen MR) is 107 cm³/mol. The number of para-hydroxylation sites is 1. The summed E-state index contributed by atoms with van der Waals surface area (Å²) in [4.78, 5) is 17.4. The largest absolute Gasteiger partial charge is 0.422 e. The molecule has 2 aromatic carbocycles. The average Bonchev–Trinajstić information content (AvgIpc) is 2.99. The number of pyridine rings is 1. The fraction of sp³-hybridized carbons (Fsp3) is 0.0952. The first kappa shape index (κ1) is 16.0. The van der Waals surface area contributed by atoms with Crippen molar-refractivity contribution in [1.29, 1.82) is 0 Å². The number of hydrogen-bond acceptors (Lipinski definition) is 4. The number of halogens is 1. The molecule has 0 radical (unpaired) electrons. The van der Waals surface area contributed by atoms with Crippen LogP contribution in [0.15, 0.2) is 57.7 Å². The summed E-state index contributed by atoms with van der Waals surface area (Å²) in [6.45, 7) is 3.73. The smallest absolute Gasteiger partial charge is 0.346 e. The maximum atomic E-state index is 12.7. The highest BCUT2D eigenvalue weighted by molar-refractivity contribution is 6.32.